The van der Waals surface area contributed by atoms with E-state index < -0.39 is 0 Å². The Hall–Kier alpha value is 0.700. The Labute approximate surface area is 78.3 Å². The monoisotopic (exact) mass is 190 g/mol. The first-order chi connectivity index (χ1) is 5.12. The second kappa shape index (κ2) is 4.08. The summed E-state index contributed by atoms with van der Waals surface area (Å²) in [5, 5.41) is 0.775. The standard InChI is InChI=1S/C9H18S2/c1-8(2)10-11-9(3)6-4-5-7-9/h8H,4-7H2,1-3H3. The van der Waals surface area contributed by atoms with Gasteiger partial charge < -0.3 is 0 Å². The summed E-state index contributed by atoms with van der Waals surface area (Å²) >= 11 is 0. The minimum absolute atomic E-state index is 0.606. The van der Waals surface area contributed by atoms with Crippen LogP contribution < -0.4 is 0 Å². The Morgan fingerprint density at radius 1 is 1.18 bits per heavy atom. The fraction of sp³-hybridized carbons (Fsp3) is 1.00. The van der Waals surface area contributed by atoms with Crippen LogP contribution in [0.15, 0.2) is 0 Å². The Morgan fingerprint density at radius 2 is 1.73 bits per heavy atom. The van der Waals surface area contributed by atoms with Gasteiger partial charge >= 0.3 is 0 Å². The third-order valence-electron chi connectivity index (χ3n) is 2.10. The van der Waals surface area contributed by atoms with E-state index in [2.05, 4.69) is 31.6 Å². The summed E-state index contributed by atoms with van der Waals surface area (Å²) in [4.78, 5) is 0. The van der Waals surface area contributed by atoms with Crippen LogP contribution in [0.4, 0.5) is 0 Å². The van der Waals surface area contributed by atoms with Gasteiger partial charge in [0.2, 0.25) is 0 Å². The maximum atomic E-state index is 2.42. The van der Waals surface area contributed by atoms with Crippen molar-refractivity contribution in [3.63, 3.8) is 0 Å². The van der Waals surface area contributed by atoms with E-state index in [9.17, 15) is 0 Å². The molecule has 0 heterocycles. The molecule has 1 aliphatic rings. The Kier molecular flexibility index (Phi) is 3.63. The first-order valence-corrected chi connectivity index (χ1v) is 6.68. The molecule has 0 aromatic heterocycles. The largest absolute Gasteiger partial charge is 0.0907 e. The summed E-state index contributed by atoms with van der Waals surface area (Å²) < 4.78 is 0.606. The number of rotatable bonds is 3. The molecule has 1 rings (SSSR count). The molecule has 0 atom stereocenters. The lowest BCUT2D eigenvalue weighted by Gasteiger charge is -2.22. The lowest BCUT2D eigenvalue weighted by molar-refractivity contribution is 0.678. The molecule has 0 nitrogen and oxygen atoms in total. The van der Waals surface area contributed by atoms with Crippen molar-refractivity contribution >= 4 is 21.6 Å². The molecule has 0 saturated heterocycles. The molecule has 0 aromatic rings. The number of hydrogen-bond donors (Lipinski definition) is 0. The van der Waals surface area contributed by atoms with E-state index in [-0.39, 0.29) is 0 Å². The van der Waals surface area contributed by atoms with Gasteiger partial charge in [0.25, 0.3) is 0 Å². The van der Waals surface area contributed by atoms with Crippen molar-refractivity contribution in [1.82, 2.24) is 0 Å². The van der Waals surface area contributed by atoms with Gasteiger partial charge in [-0.3, -0.25) is 0 Å². The van der Waals surface area contributed by atoms with E-state index in [1.807, 2.05) is 10.8 Å². The van der Waals surface area contributed by atoms with Gasteiger partial charge in [-0.2, -0.15) is 0 Å². The van der Waals surface area contributed by atoms with Crippen molar-refractivity contribution in [2.24, 2.45) is 0 Å². The summed E-state index contributed by atoms with van der Waals surface area (Å²) in [5.41, 5.74) is 0. The van der Waals surface area contributed by atoms with E-state index >= 15 is 0 Å². The molecule has 11 heavy (non-hydrogen) atoms. The van der Waals surface area contributed by atoms with Crippen molar-refractivity contribution in [2.45, 2.75) is 56.5 Å². The normalized spacial score (nSPS) is 22.9. The Balaban J connectivity index is 2.23. The maximum absolute atomic E-state index is 2.42. The topological polar surface area (TPSA) is 0 Å². The van der Waals surface area contributed by atoms with Gasteiger partial charge in [0.1, 0.15) is 0 Å². The van der Waals surface area contributed by atoms with E-state index in [4.69, 9.17) is 0 Å². The average Bonchev–Trinajstić information content (AvgIpc) is 2.33. The lowest BCUT2D eigenvalue weighted by Crippen LogP contribution is -2.12. The third-order valence-corrected chi connectivity index (χ3v) is 6.05. The first-order valence-electron chi connectivity index (χ1n) is 4.47. The smallest absolute Gasteiger partial charge is 0.0235 e. The molecular weight excluding hydrogens is 172 g/mol. The van der Waals surface area contributed by atoms with Crippen molar-refractivity contribution in [3.8, 4) is 0 Å². The summed E-state index contributed by atoms with van der Waals surface area (Å²) in [6.45, 7) is 6.96. The molecule has 2 heteroatoms. The first kappa shape index (κ1) is 9.79. The summed E-state index contributed by atoms with van der Waals surface area (Å²) in [6, 6.07) is 0. The molecule has 0 aliphatic heterocycles. The molecule has 0 radical (unpaired) electrons. The molecule has 0 unspecified atom stereocenters. The highest BCUT2D eigenvalue weighted by molar-refractivity contribution is 8.77. The predicted molar refractivity (Wildman–Crippen MR) is 57.2 cm³/mol. The Morgan fingerprint density at radius 3 is 2.18 bits per heavy atom. The van der Waals surface area contributed by atoms with Gasteiger partial charge in [-0.25, -0.2) is 0 Å². The fourth-order valence-corrected chi connectivity index (χ4v) is 4.07. The molecular formula is C9H18S2. The van der Waals surface area contributed by atoms with Crippen LogP contribution in [0.3, 0.4) is 0 Å². The molecule has 66 valence electrons. The Bertz CT molecular complexity index is 115. The quantitative estimate of drug-likeness (QED) is 0.614. The second-order valence-corrected chi connectivity index (χ2v) is 7.25. The molecule has 0 aromatic carbocycles. The van der Waals surface area contributed by atoms with Crippen LogP contribution in [0.25, 0.3) is 0 Å². The van der Waals surface area contributed by atoms with Gasteiger partial charge in [-0.05, 0) is 19.8 Å². The molecule has 0 bridgehead atoms. The van der Waals surface area contributed by atoms with Crippen molar-refractivity contribution < 1.29 is 0 Å². The van der Waals surface area contributed by atoms with Crippen LogP contribution in [0, 0.1) is 0 Å². The predicted octanol–water partition coefficient (Wildman–Crippen LogP) is 4.11. The number of hydrogen-bond acceptors (Lipinski definition) is 2. The SMILES string of the molecule is CC(C)SSC1(C)CCCC1. The van der Waals surface area contributed by atoms with Gasteiger partial charge in [-0.15, -0.1) is 0 Å². The molecule has 1 fully saturated rings. The fourth-order valence-electron chi connectivity index (χ4n) is 1.42. The van der Waals surface area contributed by atoms with Crippen LogP contribution in [-0.4, -0.2) is 10.00 Å². The molecule has 0 N–H and O–H groups in total. The highest BCUT2D eigenvalue weighted by atomic mass is 33.1. The molecule has 1 saturated carbocycles. The highest BCUT2D eigenvalue weighted by Crippen LogP contribution is 2.47. The van der Waals surface area contributed by atoms with Crippen LogP contribution in [0.1, 0.15) is 46.5 Å². The van der Waals surface area contributed by atoms with Crippen molar-refractivity contribution in [1.29, 1.82) is 0 Å². The zero-order valence-corrected chi connectivity index (χ0v) is 9.36. The molecule has 1 aliphatic carbocycles. The summed E-state index contributed by atoms with van der Waals surface area (Å²) in [5.74, 6) is 0. The highest BCUT2D eigenvalue weighted by Gasteiger charge is 2.29. The van der Waals surface area contributed by atoms with Gasteiger partial charge in [0, 0.05) is 10.00 Å². The van der Waals surface area contributed by atoms with Crippen LogP contribution >= 0.6 is 21.6 Å². The second-order valence-electron chi connectivity index (χ2n) is 3.89. The van der Waals surface area contributed by atoms with Gasteiger partial charge in [-0.1, -0.05) is 48.3 Å². The summed E-state index contributed by atoms with van der Waals surface area (Å²) in [6.07, 6.45) is 5.75. The van der Waals surface area contributed by atoms with Gasteiger partial charge in [0.05, 0.1) is 0 Å². The third kappa shape index (κ3) is 3.29. The van der Waals surface area contributed by atoms with Crippen LogP contribution in [0.2, 0.25) is 0 Å². The van der Waals surface area contributed by atoms with Crippen LogP contribution in [-0.2, 0) is 0 Å². The zero-order valence-electron chi connectivity index (χ0n) is 7.72. The van der Waals surface area contributed by atoms with E-state index in [1.165, 1.54) is 25.7 Å². The van der Waals surface area contributed by atoms with Crippen LogP contribution in [0.5, 0.6) is 0 Å². The molecule has 0 amide bonds. The van der Waals surface area contributed by atoms with Gasteiger partial charge in [0.15, 0.2) is 0 Å². The minimum atomic E-state index is 0.606. The maximum Gasteiger partial charge on any atom is 0.0235 e. The summed E-state index contributed by atoms with van der Waals surface area (Å²) in [7, 11) is 4.16. The van der Waals surface area contributed by atoms with E-state index in [0.717, 1.165) is 5.25 Å². The minimum Gasteiger partial charge on any atom is -0.0907 e. The van der Waals surface area contributed by atoms with Crippen molar-refractivity contribution in [3.05, 3.63) is 0 Å². The lowest BCUT2D eigenvalue weighted by atomic mass is 10.1. The van der Waals surface area contributed by atoms with E-state index in [1.54, 1.807) is 0 Å². The molecule has 0 spiro atoms. The average molecular weight is 190 g/mol. The van der Waals surface area contributed by atoms with Crippen molar-refractivity contribution in [2.75, 3.05) is 0 Å². The zero-order chi connectivity index (χ0) is 8.32. The van der Waals surface area contributed by atoms with E-state index in [0.29, 0.717) is 4.75 Å².